The highest BCUT2D eigenvalue weighted by Crippen LogP contribution is 2.24. The van der Waals surface area contributed by atoms with Crippen molar-refractivity contribution >= 4 is 23.3 Å². The predicted octanol–water partition coefficient (Wildman–Crippen LogP) is 1.83. The van der Waals surface area contributed by atoms with E-state index in [1.54, 1.807) is 12.1 Å². The summed E-state index contributed by atoms with van der Waals surface area (Å²) in [5.41, 5.74) is 1.20. The highest BCUT2D eigenvalue weighted by atomic mass is 16.3. The van der Waals surface area contributed by atoms with Gasteiger partial charge in [-0.05, 0) is 43.5 Å². The maximum absolute atomic E-state index is 12.1. The quantitative estimate of drug-likeness (QED) is 0.541. The maximum Gasteiger partial charge on any atom is 0.319 e. The van der Waals surface area contributed by atoms with E-state index in [9.17, 15) is 14.7 Å². The van der Waals surface area contributed by atoms with Crippen molar-refractivity contribution in [3.05, 3.63) is 23.8 Å². The number of urea groups is 1. The molecule has 0 unspecified atom stereocenters. The third-order valence-corrected chi connectivity index (χ3v) is 4.25. The van der Waals surface area contributed by atoms with Crippen LogP contribution in [0.5, 0.6) is 0 Å². The van der Waals surface area contributed by atoms with Gasteiger partial charge in [0.05, 0.1) is 5.60 Å². The number of amides is 3. The van der Waals surface area contributed by atoms with Crippen LogP contribution in [0.4, 0.5) is 16.2 Å². The lowest BCUT2D eigenvalue weighted by atomic mass is 10.0. The SMILES string of the molecule is Cc1c(NC(=O)CC(C)C)cccc1NC(=O)NC[C@@]1(O)CCNC1. The second kappa shape index (κ2) is 8.31. The average molecular weight is 348 g/mol. The molecule has 0 aromatic heterocycles. The van der Waals surface area contributed by atoms with Gasteiger partial charge in [-0.2, -0.15) is 0 Å². The first-order valence-corrected chi connectivity index (χ1v) is 8.66. The molecule has 2 rings (SSSR count). The third kappa shape index (κ3) is 5.72. The van der Waals surface area contributed by atoms with E-state index in [1.807, 2.05) is 26.8 Å². The van der Waals surface area contributed by atoms with Crippen LogP contribution in [0.25, 0.3) is 0 Å². The number of hydrogen-bond acceptors (Lipinski definition) is 4. The number of carbonyl (C=O) groups excluding carboxylic acids is 2. The van der Waals surface area contributed by atoms with Crippen molar-refractivity contribution in [1.82, 2.24) is 10.6 Å². The van der Waals surface area contributed by atoms with Crippen LogP contribution in [0.15, 0.2) is 18.2 Å². The highest BCUT2D eigenvalue weighted by Gasteiger charge is 2.31. The van der Waals surface area contributed by atoms with Crippen molar-refractivity contribution in [2.45, 2.75) is 39.2 Å². The first kappa shape index (κ1) is 19.2. The Morgan fingerprint density at radius 3 is 2.56 bits per heavy atom. The van der Waals surface area contributed by atoms with Crippen molar-refractivity contribution in [3.8, 4) is 0 Å². The molecule has 1 heterocycles. The number of rotatable bonds is 6. The minimum Gasteiger partial charge on any atom is -0.387 e. The van der Waals surface area contributed by atoms with Gasteiger partial charge in [0.25, 0.3) is 0 Å². The average Bonchev–Trinajstić information content (AvgIpc) is 2.96. The fourth-order valence-electron chi connectivity index (χ4n) is 2.77. The van der Waals surface area contributed by atoms with E-state index in [2.05, 4.69) is 21.3 Å². The number of aliphatic hydroxyl groups is 1. The monoisotopic (exact) mass is 348 g/mol. The van der Waals surface area contributed by atoms with Crippen LogP contribution >= 0.6 is 0 Å². The Bertz CT molecular complexity index is 625. The van der Waals surface area contributed by atoms with Crippen LogP contribution in [0, 0.1) is 12.8 Å². The summed E-state index contributed by atoms with van der Waals surface area (Å²) in [6, 6.07) is 4.99. The molecule has 1 atom stereocenters. The molecule has 3 amide bonds. The van der Waals surface area contributed by atoms with Gasteiger partial charge in [0, 0.05) is 30.9 Å². The van der Waals surface area contributed by atoms with Crippen LogP contribution in [-0.4, -0.2) is 42.3 Å². The van der Waals surface area contributed by atoms with E-state index in [1.165, 1.54) is 0 Å². The van der Waals surface area contributed by atoms with Crippen molar-refractivity contribution in [3.63, 3.8) is 0 Å². The molecular weight excluding hydrogens is 320 g/mol. The minimum atomic E-state index is -0.890. The van der Waals surface area contributed by atoms with Crippen LogP contribution < -0.4 is 21.3 Å². The fourth-order valence-corrected chi connectivity index (χ4v) is 2.77. The Morgan fingerprint density at radius 1 is 1.28 bits per heavy atom. The van der Waals surface area contributed by atoms with E-state index in [0.29, 0.717) is 30.8 Å². The molecule has 5 N–H and O–H groups in total. The van der Waals surface area contributed by atoms with Crippen LogP contribution in [0.2, 0.25) is 0 Å². The smallest absolute Gasteiger partial charge is 0.319 e. The minimum absolute atomic E-state index is 0.0457. The number of nitrogens with one attached hydrogen (secondary N) is 4. The number of anilines is 2. The second-order valence-corrected chi connectivity index (χ2v) is 7.08. The number of hydrogen-bond donors (Lipinski definition) is 5. The van der Waals surface area contributed by atoms with Crippen molar-refractivity contribution in [2.24, 2.45) is 5.92 Å². The molecule has 7 heteroatoms. The molecule has 0 spiro atoms. The van der Waals surface area contributed by atoms with Crippen molar-refractivity contribution < 1.29 is 14.7 Å². The van der Waals surface area contributed by atoms with E-state index < -0.39 is 5.60 Å². The predicted molar refractivity (Wildman–Crippen MR) is 98.7 cm³/mol. The van der Waals surface area contributed by atoms with Gasteiger partial charge >= 0.3 is 6.03 Å². The number of carbonyl (C=O) groups is 2. The molecule has 138 valence electrons. The Kier molecular flexibility index (Phi) is 6.39. The van der Waals surface area contributed by atoms with Crippen LogP contribution in [0.1, 0.15) is 32.3 Å². The lowest BCUT2D eigenvalue weighted by molar-refractivity contribution is -0.116. The van der Waals surface area contributed by atoms with Gasteiger partial charge in [0.2, 0.25) is 5.91 Å². The molecule has 0 radical (unpaired) electrons. The van der Waals surface area contributed by atoms with Gasteiger partial charge in [-0.15, -0.1) is 0 Å². The third-order valence-electron chi connectivity index (χ3n) is 4.25. The Labute approximate surface area is 148 Å². The summed E-state index contributed by atoms with van der Waals surface area (Å²) in [4.78, 5) is 24.1. The van der Waals surface area contributed by atoms with Gasteiger partial charge < -0.3 is 26.4 Å². The molecule has 1 saturated heterocycles. The lowest BCUT2D eigenvalue weighted by Crippen LogP contribution is -2.45. The summed E-state index contributed by atoms with van der Waals surface area (Å²) in [5, 5.41) is 21.6. The standard InChI is InChI=1S/C18H28N4O3/c1-12(2)9-16(23)21-14-5-4-6-15(13(14)3)22-17(24)20-11-18(25)7-8-19-10-18/h4-6,12,19,25H,7-11H2,1-3H3,(H,21,23)(H2,20,22,24)/t18-/m1/s1. The molecule has 0 aliphatic carbocycles. The van der Waals surface area contributed by atoms with Gasteiger partial charge in [0.15, 0.2) is 0 Å². The van der Waals surface area contributed by atoms with E-state index in [4.69, 9.17) is 0 Å². The Hall–Kier alpha value is -2.12. The zero-order valence-corrected chi connectivity index (χ0v) is 15.1. The summed E-state index contributed by atoms with van der Waals surface area (Å²) in [6.45, 7) is 7.23. The summed E-state index contributed by atoms with van der Waals surface area (Å²) >= 11 is 0. The summed E-state index contributed by atoms with van der Waals surface area (Å²) in [5.74, 6) is 0.235. The zero-order valence-electron chi connectivity index (χ0n) is 15.1. The first-order valence-electron chi connectivity index (χ1n) is 8.66. The van der Waals surface area contributed by atoms with E-state index >= 15 is 0 Å². The molecule has 1 aromatic carbocycles. The van der Waals surface area contributed by atoms with E-state index in [-0.39, 0.29) is 24.4 Å². The molecule has 1 aliphatic rings. The molecule has 25 heavy (non-hydrogen) atoms. The maximum atomic E-state index is 12.1. The van der Waals surface area contributed by atoms with Gasteiger partial charge in [-0.3, -0.25) is 4.79 Å². The normalized spacial score (nSPS) is 19.7. The second-order valence-electron chi connectivity index (χ2n) is 7.08. The lowest BCUT2D eigenvalue weighted by Gasteiger charge is -2.22. The Morgan fingerprint density at radius 2 is 1.96 bits per heavy atom. The van der Waals surface area contributed by atoms with Gasteiger partial charge in [0.1, 0.15) is 0 Å². The van der Waals surface area contributed by atoms with Crippen LogP contribution in [0.3, 0.4) is 0 Å². The molecule has 0 saturated carbocycles. The zero-order chi connectivity index (χ0) is 18.4. The highest BCUT2D eigenvalue weighted by molar-refractivity contribution is 5.95. The number of benzene rings is 1. The fraction of sp³-hybridized carbons (Fsp3) is 0.556. The van der Waals surface area contributed by atoms with Gasteiger partial charge in [-0.1, -0.05) is 19.9 Å². The van der Waals surface area contributed by atoms with Crippen LogP contribution in [-0.2, 0) is 4.79 Å². The molecule has 1 aliphatic heterocycles. The summed E-state index contributed by atoms with van der Waals surface area (Å²) < 4.78 is 0. The largest absolute Gasteiger partial charge is 0.387 e. The molecule has 0 bridgehead atoms. The first-order chi connectivity index (χ1) is 11.8. The van der Waals surface area contributed by atoms with Gasteiger partial charge in [-0.25, -0.2) is 4.79 Å². The molecule has 7 nitrogen and oxygen atoms in total. The summed E-state index contributed by atoms with van der Waals surface area (Å²) in [6.07, 6.45) is 1.06. The van der Waals surface area contributed by atoms with Crippen molar-refractivity contribution in [2.75, 3.05) is 30.3 Å². The summed E-state index contributed by atoms with van der Waals surface area (Å²) in [7, 11) is 0. The van der Waals surface area contributed by atoms with Crippen molar-refractivity contribution in [1.29, 1.82) is 0 Å². The Balaban J connectivity index is 1.94. The topological polar surface area (TPSA) is 102 Å². The molecule has 1 fully saturated rings. The molecular formula is C18H28N4O3. The molecule has 1 aromatic rings. The van der Waals surface area contributed by atoms with E-state index in [0.717, 1.165) is 12.1 Å². The number of β-amino-alcohol motifs (C(OH)–C–C–N with tert-alkyl or cyclic N) is 1.